The summed E-state index contributed by atoms with van der Waals surface area (Å²) < 4.78 is 0. The Bertz CT molecular complexity index is 390. The molecule has 3 nitrogen and oxygen atoms in total. The molecule has 2 rings (SSSR count). The quantitative estimate of drug-likeness (QED) is 0.758. The van der Waals surface area contributed by atoms with E-state index >= 15 is 0 Å². The van der Waals surface area contributed by atoms with E-state index in [0.717, 1.165) is 31.1 Å². The van der Waals surface area contributed by atoms with E-state index in [1.54, 1.807) is 6.20 Å². The monoisotopic (exact) mass is 215 g/mol. The largest absolute Gasteiger partial charge is 0.371 e. The molecule has 1 fully saturated rings. The highest BCUT2D eigenvalue weighted by Crippen LogP contribution is 2.31. The van der Waals surface area contributed by atoms with Crippen LogP contribution < -0.4 is 4.90 Å². The number of anilines is 1. The zero-order chi connectivity index (χ0) is 11.4. The van der Waals surface area contributed by atoms with Crippen molar-refractivity contribution in [3.05, 3.63) is 24.0 Å². The van der Waals surface area contributed by atoms with E-state index in [1.165, 1.54) is 12.8 Å². The first-order valence-corrected chi connectivity index (χ1v) is 5.94. The maximum Gasteiger partial charge on any atom is 0.142 e. The van der Waals surface area contributed by atoms with Gasteiger partial charge in [0, 0.05) is 25.0 Å². The molecule has 0 aromatic carbocycles. The third-order valence-corrected chi connectivity index (χ3v) is 2.89. The lowest BCUT2D eigenvalue weighted by molar-refractivity contribution is 0.707. The van der Waals surface area contributed by atoms with Crippen molar-refractivity contribution in [2.45, 2.75) is 26.2 Å². The minimum absolute atomic E-state index is 0.509. The molecule has 0 unspecified atom stereocenters. The van der Waals surface area contributed by atoms with Crippen LogP contribution in [0.4, 0.5) is 5.69 Å². The average molecular weight is 215 g/mol. The van der Waals surface area contributed by atoms with Gasteiger partial charge in [0.2, 0.25) is 0 Å². The van der Waals surface area contributed by atoms with Crippen molar-refractivity contribution in [3.63, 3.8) is 0 Å². The summed E-state index contributed by atoms with van der Waals surface area (Å²) in [7, 11) is 0. The second-order valence-corrected chi connectivity index (χ2v) is 4.40. The molecule has 0 aliphatic heterocycles. The molecule has 0 bridgehead atoms. The number of aromatic nitrogens is 1. The molecule has 1 aliphatic carbocycles. The van der Waals surface area contributed by atoms with Gasteiger partial charge in [-0.25, -0.2) is 4.98 Å². The van der Waals surface area contributed by atoms with E-state index in [9.17, 15) is 0 Å². The van der Waals surface area contributed by atoms with Crippen molar-refractivity contribution >= 4 is 5.69 Å². The Hall–Kier alpha value is -1.56. The van der Waals surface area contributed by atoms with Crippen LogP contribution in [0.3, 0.4) is 0 Å². The van der Waals surface area contributed by atoms with Gasteiger partial charge < -0.3 is 4.90 Å². The molecular formula is C13H17N3. The molecule has 0 spiro atoms. The normalized spacial score (nSPS) is 14.5. The summed E-state index contributed by atoms with van der Waals surface area (Å²) in [5.74, 6) is 0.866. The molecule has 1 aliphatic rings. The maximum atomic E-state index is 8.84. The van der Waals surface area contributed by atoms with E-state index in [-0.39, 0.29) is 0 Å². The minimum Gasteiger partial charge on any atom is -0.371 e. The molecule has 1 saturated carbocycles. The van der Waals surface area contributed by atoms with Gasteiger partial charge in [-0.2, -0.15) is 5.26 Å². The third-order valence-electron chi connectivity index (χ3n) is 2.89. The van der Waals surface area contributed by atoms with Crippen LogP contribution in [0, 0.1) is 17.2 Å². The fraction of sp³-hybridized carbons (Fsp3) is 0.538. The van der Waals surface area contributed by atoms with Crippen LogP contribution in [-0.2, 0) is 0 Å². The first-order valence-electron chi connectivity index (χ1n) is 5.94. The van der Waals surface area contributed by atoms with Gasteiger partial charge in [-0.1, -0.05) is 6.92 Å². The predicted octanol–water partition coefficient (Wildman–Crippen LogP) is 2.58. The van der Waals surface area contributed by atoms with Crippen LogP contribution in [0.1, 0.15) is 31.9 Å². The molecule has 0 N–H and O–H groups in total. The third kappa shape index (κ3) is 2.73. The molecule has 0 atom stereocenters. The first-order chi connectivity index (χ1) is 7.83. The fourth-order valence-electron chi connectivity index (χ4n) is 1.89. The summed E-state index contributed by atoms with van der Waals surface area (Å²) in [4.78, 5) is 6.38. The Morgan fingerprint density at radius 2 is 2.38 bits per heavy atom. The van der Waals surface area contributed by atoms with Gasteiger partial charge in [-0.05, 0) is 37.3 Å². The van der Waals surface area contributed by atoms with Crippen molar-refractivity contribution in [2.75, 3.05) is 18.0 Å². The van der Waals surface area contributed by atoms with E-state index in [1.807, 2.05) is 12.1 Å². The summed E-state index contributed by atoms with van der Waals surface area (Å²) >= 11 is 0. The molecular weight excluding hydrogens is 198 g/mol. The molecule has 3 heteroatoms. The van der Waals surface area contributed by atoms with Crippen LogP contribution in [-0.4, -0.2) is 18.1 Å². The Balaban J connectivity index is 2.12. The standard InChI is InChI=1S/C13H17N3/c1-2-7-16(10-11-3-4-11)13-5-6-15-12(8-13)9-14/h5-6,8,11H,2-4,7,10H2,1H3. The van der Waals surface area contributed by atoms with Crippen molar-refractivity contribution < 1.29 is 0 Å². The zero-order valence-electron chi connectivity index (χ0n) is 9.69. The lowest BCUT2D eigenvalue weighted by Crippen LogP contribution is -2.26. The smallest absolute Gasteiger partial charge is 0.142 e. The van der Waals surface area contributed by atoms with Crippen LogP contribution in [0.5, 0.6) is 0 Å². The van der Waals surface area contributed by atoms with E-state index < -0.39 is 0 Å². The molecule has 1 aromatic heterocycles. The van der Waals surface area contributed by atoms with Crippen molar-refractivity contribution in [1.82, 2.24) is 4.98 Å². The number of hydrogen-bond donors (Lipinski definition) is 0. The van der Waals surface area contributed by atoms with E-state index in [2.05, 4.69) is 22.9 Å². The van der Waals surface area contributed by atoms with Gasteiger partial charge in [-0.15, -0.1) is 0 Å². The summed E-state index contributed by atoms with van der Waals surface area (Å²) in [6.45, 7) is 4.38. The number of hydrogen-bond acceptors (Lipinski definition) is 3. The van der Waals surface area contributed by atoms with Gasteiger partial charge in [0.15, 0.2) is 0 Å². The second-order valence-electron chi connectivity index (χ2n) is 4.40. The average Bonchev–Trinajstić information content (AvgIpc) is 3.12. The van der Waals surface area contributed by atoms with E-state index in [4.69, 9.17) is 5.26 Å². The fourth-order valence-corrected chi connectivity index (χ4v) is 1.89. The number of rotatable bonds is 5. The van der Waals surface area contributed by atoms with E-state index in [0.29, 0.717) is 5.69 Å². The van der Waals surface area contributed by atoms with Crippen molar-refractivity contribution in [2.24, 2.45) is 5.92 Å². The Labute approximate surface area is 96.7 Å². The Morgan fingerprint density at radius 3 is 3.00 bits per heavy atom. The molecule has 1 aromatic rings. The summed E-state index contributed by atoms with van der Waals surface area (Å²) in [6.07, 6.45) is 5.58. The van der Waals surface area contributed by atoms with Crippen LogP contribution in [0.25, 0.3) is 0 Å². The Morgan fingerprint density at radius 1 is 1.56 bits per heavy atom. The predicted molar refractivity (Wildman–Crippen MR) is 64.2 cm³/mol. The molecule has 0 saturated heterocycles. The lowest BCUT2D eigenvalue weighted by atomic mass is 10.2. The van der Waals surface area contributed by atoms with Crippen molar-refractivity contribution in [1.29, 1.82) is 5.26 Å². The maximum absolute atomic E-state index is 8.84. The number of pyridine rings is 1. The lowest BCUT2D eigenvalue weighted by Gasteiger charge is -2.24. The highest BCUT2D eigenvalue weighted by molar-refractivity contribution is 5.48. The van der Waals surface area contributed by atoms with Gasteiger partial charge in [-0.3, -0.25) is 0 Å². The molecule has 16 heavy (non-hydrogen) atoms. The zero-order valence-corrected chi connectivity index (χ0v) is 9.69. The molecule has 0 amide bonds. The number of nitrogens with zero attached hydrogens (tertiary/aromatic N) is 3. The SMILES string of the molecule is CCCN(CC1CC1)c1ccnc(C#N)c1. The second kappa shape index (κ2) is 4.98. The van der Waals surface area contributed by atoms with Gasteiger partial charge >= 0.3 is 0 Å². The van der Waals surface area contributed by atoms with Crippen molar-refractivity contribution in [3.8, 4) is 6.07 Å². The summed E-state index contributed by atoms with van der Waals surface area (Å²) in [5.41, 5.74) is 1.65. The van der Waals surface area contributed by atoms with Gasteiger partial charge in [0.25, 0.3) is 0 Å². The van der Waals surface area contributed by atoms with Gasteiger partial charge in [0.1, 0.15) is 11.8 Å². The number of nitriles is 1. The summed E-state index contributed by atoms with van der Waals surface area (Å²) in [5, 5.41) is 8.84. The van der Waals surface area contributed by atoms with Crippen LogP contribution in [0.2, 0.25) is 0 Å². The molecule has 84 valence electrons. The van der Waals surface area contributed by atoms with Crippen LogP contribution in [0.15, 0.2) is 18.3 Å². The highest BCUT2D eigenvalue weighted by Gasteiger charge is 2.24. The highest BCUT2D eigenvalue weighted by atomic mass is 15.1. The minimum atomic E-state index is 0.509. The van der Waals surface area contributed by atoms with Gasteiger partial charge in [0.05, 0.1) is 0 Å². The topological polar surface area (TPSA) is 39.9 Å². The van der Waals surface area contributed by atoms with Crippen LogP contribution >= 0.6 is 0 Å². The Kier molecular flexibility index (Phi) is 3.40. The molecule has 1 heterocycles. The summed E-state index contributed by atoms with van der Waals surface area (Å²) in [6, 6.07) is 5.98. The first kappa shape index (κ1) is 10.9. The molecule has 0 radical (unpaired) electrons.